The minimum Gasteiger partial charge on any atom is -0.368 e. The van der Waals surface area contributed by atoms with Gasteiger partial charge in [-0.15, -0.1) is 0 Å². The molecule has 1 amide bonds. The number of benzene rings is 1. The number of rotatable bonds is 5. The van der Waals surface area contributed by atoms with Gasteiger partial charge in [0.05, 0.1) is 0 Å². The number of nitrogens with zero attached hydrogens (tertiary/aromatic N) is 4. The van der Waals surface area contributed by atoms with Gasteiger partial charge in [-0.3, -0.25) is 9.48 Å². The third kappa shape index (κ3) is 4.89. The van der Waals surface area contributed by atoms with Crippen molar-refractivity contribution in [3.8, 4) is 0 Å². The summed E-state index contributed by atoms with van der Waals surface area (Å²) in [4.78, 5) is 16.4. The molecule has 0 spiro atoms. The standard InChI is InChI=1S/C20H24F4N4O/c1-3-14(2)17-12-18(20(22,23)24)25-28(17)13-19(29)27-10-8-26(9-11-27)16-6-4-15(21)5-7-16/h4-7,12,14H,3,8-11,13H2,1-2H3. The number of halogens is 4. The van der Waals surface area contributed by atoms with Gasteiger partial charge in [-0.2, -0.15) is 18.3 Å². The molecular weight excluding hydrogens is 388 g/mol. The molecule has 0 N–H and O–H groups in total. The van der Waals surface area contributed by atoms with Crippen LogP contribution in [-0.4, -0.2) is 46.8 Å². The first-order chi connectivity index (χ1) is 13.7. The van der Waals surface area contributed by atoms with Crippen LogP contribution in [-0.2, 0) is 17.5 Å². The Bertz CT molecular complexity index is 839. The monoisotopic (exact) mass is 412 g/mol. The van der Waals surface area contributed by atoms with Crippen molar-refractivity contribution in [2.24, 2.45) is 0 Å². The highest BCUT2D eigenvalue weighted by Crippen LogP contribution is 2.31. The van der Waals surface area contributed by atoms with Crippen LogP contribution in [0.25, 0.3) is 0 Å². The second-order valence-corrected chi connectivity index (χ2v) is 7.26. The molecule has 0 aliphatic carbocycles. The van der Waals surface area contributed by atoms with Crippen LogP contribution < -0.4 is 4.90 Å². The summed E-state index contributed by atoms with van der Waals surface area (Å²) in [5.74, 6) is -0.705. The van der Waals surface area contributed by atoms with Gasteiger partial charge >= 0.3 is 6.18 Å². The first kappa shape index (κ1) is 21.1. The maximum absolute atomic E-state index is 13.1. The number of carbonyl (C=O) groups is 1. The summed E-state index contributed by atoms with van der Waals surface area (Å²) in [5.41, 5.74) is 0.319. The third-order valence-corrected chi connectivity index (χ3v) is 5.33. The lowest BCUT2D eigenvalue weighted by Crippen LogP contribution is -2.49. The largest absolute Gasteiger partial charge is 0.435 e. The Kier molecular flexibility index (Phi) is 6.14. The fourth-order valence-corrected chi connectivity index (χ4v) is 3.40. The minimum atomic E-state index is -4.54. The fraction of sp³-hybridized carbons (Fsp3) is 0.500. The Morgan fingerprint density at radius 2 is 1.76 bits per heavy atom. The molecule has 5 nitrogen and oxygen atoms in total. The maximum atomic E-state index is 13.1. The molecule has 1 atom stereocenters. The van der Waals surface area contributed by atoms with Gasteiger partial charge < -0.3 is 9.80 Å². The van der Waals surface area contributed by atoms with E-state index in [0.717, 1.165) is 11.8 Å². The van der Waals surface area contributed by atoms with Crippen molar-refractivity contribution >= 4 is 11.6 Å². The number of aromatic nitrogens is 2. The van der Waals surface area contributed by atoms with Crippen LogP contribution >= 0.6 is 0 Å². The van der Waals surface area contributed by atoms with Crippen LogP contribution in [0.2, 0.25) is 0 Å². The van der Waals surface area contributed by atoms with Gasteiger partial charge in [0.25, 0.3) is 0 Å². The lowest BCUT2D eigenvalue weighted by Gasteiger charge is -2.36. The molecule has 2 aromatic rings. The third-order valence-electron chi connectivity index (χ3n) is 5.33. The lowest BCUT2D eigenvalue weighted by atomic mass is 10.0. The van der Waals surface area contributed by atoms with Crippen molar-refractivity contribution in [2.75, 3.05) is 31.1 Å². The van der Waals surface area contributed by atoms with Crippen molar-refractivity contribution in [1.82, 2.24) is 14.7 Å². The van der Waals surface area contributed by atoms with Gasteiger partial charge in [-0.05, 0) is 42.7 Å². The zero-order valence-corrected chi connectivity index (χ0v) is 16.4. The molecule has 1 unspecified atom stereocenters. The summed E-state index contributed by atoms with van der Waals surface area (Å²) >= 11 is 0. The number of piperazine rings is 1. The molecule has 9 heteroatoms. The van der Waals surface area contributed by atoms with Gasteiger partial charge in [0.2, 0.25) is 5.91 Å². The lowest BCUT2D eigenvalue weighted by molar-refractivity contribution is -0.142. The molecule has 1 fully saturated rings. The van der Waals surface area contributed by atoms with Crippen LogP contribution in [0.15, 0.2) is 30.3 Å². The van der Waals surface area contributed by atoms with E-state index in [0.29, 0.717) is 38.3 Å². The van der Waals surface area contributed by atoms with Crippen LogP contribution in [0.5, 0.6) is 0 Å². The summed E-state index contributed by atoms with van der Waals surface area (Å²) in [6, 6.07) is 7.19. The van der Waals surface area contributed by atoms with Crippen LogP contribution in [0.1, 0.15) is 37.6 Å². The van der Waals surface area contributed by atoms with Gasteiger partial charge in [-0.1, -0.05) is 13.8 Å². The first-order valence-corrected chi connectivity index (χ1v) is 9.62. The topological polar surface area (TPSA) is 41.4 Å². The Morgan fingerprint density at radius 1 is 1.14 bits per heavy atom. The Labute approximate surface area is 166 Å². The van der Waals surface area contributed by atoms with E-state index >= 15 is 0 Å². The molecule has 1 aliphatic heterocycles. The number of amides is 1. The van der Waals surface area contributed by atoms with E-state index in [1.807, 2.05) is 18.7 Å². The predicted molar refractivity (Wildman–Crippen MR) is 101 cm³/mol. The van der Waals surface area contributed by atoms with E-state index in [9.17, 15) is 22.4 Å². The molecule has 0 saturated carbocycles. The number of alkyl halides is 3. The van der Waals surface area contributed by atoms with E-state index < -0.39 is 11.9 Å². The molecule has 3 rings (SSSR count). The highest BCUT2D eigenvalue weighted by Gasteiger charge is 2.36. The molecular formula is C20H24F4N4O. The highest BCUT2D eigenvalue weighted by atomic mass is 19.4. The van der Waals surface area contributed by atoms with Gasteiger partial charge in [0.1, 0.15) is 12.4 Å². The summed E-state index contributed by atoms with van der Waals surface area (Å²) < 4.78 is 53.5. The molecule has 1 aliphatic rings. The molecule has 0 bridgehead atoms. The number of hydrogen-bond acceptors (Lipinski definition) is 3. The Hall–Kier alpha value is -2.58. The highest BCUT2D eigenvalue weighted by molar-refractivity contribution is 5.76. The SMILES string of the molecule is CCC(C)c1cc(C(F)(F)F)nn1CC(=O)N1CCN(c2ccc(F)cc2)CC1. The van der Waals surface area contributed by atoms with Gasteiger partial charge in [-0.25, -0.2) is 4.39 Å². The van der Waals surface area contributed by atoms with E-state index in [1.54, 1.807) is 17.0 Å². The normalized spacial score (nSPS) is 16.2. The summed E-state index contributed by atoms with van der Waals surface area (Å²) in [7, 11) is 0. The molecule has 1 aromatic carbocycles. The first-order valence-electron chi connectivity index (χ1n) is 9.62. The zero-order chi connectivity index (χ0) is 21.2. The smallest absolute Gasteiger partial charge is 0.368 e. The fourth-order valence-electron chi connectivity index (χ4n) is 3.40. The molecule has 2 heterocycles. The van der Waals surface area contributed by atoms with E-state index in [2.05, 4.69) is 5.10 Å². The minimum absolute atomic E-state index is 0.137. The van der Waals surface area contributed by atoms with Crippen LogP contribution in [0.4, 0.5) is 23.2 Å². The predicted octanol–water partition coefficient (Wildman–Crippen LogP) is 3.90. The van der Waals surface area contributed by atoms with Gasteiger partial charge in [0, 0.05) is 37.6 Å². The van der Waals surface area contributed by atoms with Crippen molar-refractivity contribution < 1.29 is 22.4 Å². The van der Waals surface area contributed by atoms with Crippen molar-refractivity contribution in [2.45, 2.75) is 38.9 Å². The summed E-state index contributed by atoms with van der Waals surface area (Å²) in [6.07, 6.45) is -3.90. The van der Waals surface area contributed by atoms with Crippen molar-refractivity contribution in [1.29, 1.82) is 0 Å². The quantitative estimate of drug-likeness (QED) is 0.700. The second kappa shape index (κ2) is 8.42. The Balaban J connectivity index is 1.66. The molecule has 29 heavy (non-hydrogen) atoms. The zero-order valence-electron chi connectivity index (χ0n) is 16.4. The summed E-state index contributed by atoms with van der Waals surface area (Å²) in [5, 5.41) is 3.65. The molecule has 158 valence electrons. The van der Waals surface area contributed by atoms with E-state index in [4.69, 9.17) is 0 Å². The van der Waals surface area contributed by atoms with Crippen LogP contribution in [0.3, 0.4) is 0 Å². The average molecular weight is 412 g/mol. The van der Waals surface area contributed by atoms with Gasteiger partial charge in [0.15, 0.2) is 5.69 Å². The number of anilines is 1. The summed E-state index contributed by atoms with van der Waals surface area (Å²) in [6.45, 7) is 5.52. The van der Waals surface area contributed by atoms with Crippen LogP contribution in [0, 0.1) is 5.82 Å². The van der Waals surface area contributed by atoms with E-state index in [1.165, 1.54) is 16.8 Å². The molecule has 1 aromatic heterocycles. The Morgan fingerprint density at radius 3 is 2.31 bits per heavy atom. The van der Waals surface area contributed by atoms with Crippen molar-refractivity contribution in [3.05, 3.63) is 47.5 Å². The van der Waals surface area contributed by atoms with Crippen molar-refractivity contribution in [3.63, 3.8) is 0 Å². The second-order valence-electron chi connectivity index (χ2n) is 7.26. The molecule has 0 radical (unpaired) electrons. The number of hydrogen-bond donors (Lipinski definition) is 0. The number of carbonyl (C=O) groups excluding carboxylic acids is 1. The molecule has 1 saturated heterocycles. The average Bonchev–Trinajstić information content (AvgIpc) is 3.12. The maximum Gasteiger partial charge on any atom is 0.435 e. The van der Waals surface area contributed by atoms with E-state index in [-0.39, 0.29) is 24.2 Å².